The highest BCUT2D eigenvalue weighted by Gasteiger charge is 2.24. The number of nitrogens with zero attached hydrogens (tertiary/aromatic N) is 1. The van der Waals surface area contributed by atoms with E-state index in [9.17, 15) is 0 Å². The van der Waals surface area contributed by atoms with Gasteiger partial charge in [-0.2, -0.15) is 0 Å². The summed E-state index contributed by atoms with van der Waals surface area (Å²) < 4.78 is 5.46. The second-order valence-corrected chi connectivity index (χ2v) is 5.14. The molecule has 1 N–H and O–H groups in total. The van der Waals surface area contributed by atoms with E-state index in [4.69, 9.17) is 4.74 Å². The second kappa shape index (κ2) is 6.21. The number of hydrogen-bond acceptors (Lipinski definition) is 3. The summed E-state index contributed by atoms with van der Waals surface area (Å²) in [6.07, 6.45) is 2.61. The molecule has 1 heterocycles. The average Bonchev–Trinajstić information content (AvgIpc) is 2.78. The molecule has 0 radical (unpaired) electrons. The van der Waals surface area contributed by atoms with E-state index in [-0.39, 0.29) is 0 Å². The molecule has 1 atom stereocenters. The van der Waals surface area contributed by atoms with Gasteiger partial charge in [-0.1, -0.05) is 17.7 Å². The average molecular weight is 248 g/mol. The molecule has 3 nitrogen and oxygen atoms in total. The Kier molecular flexibility index (Phi) is 4.61. The van der Waals surface area contributed by atoms with Crippen molar-refractivity contribution in [2.24, 2.45) is 0 Å². The Bertz CT molecular complexity index is 392. The van der Waals surface area contributed by atoms with Gasteiger partial charge in [0.2, 0.25) is 0 Å². The van der Waals surface area contributed by atoms with Crippen LogP contribution in [0.5, 0.6) is 5.75 Å². The standard InChI is InChI=1S/C15H24N2O/c1-12-6-7-15(18-3)13(9-12)11-17-8-4-5-14(17)10-16-2/h6-7,9,14,16H,4-5,8,10-11H2,1-3H3. The van der Waals surface area contributed by atoms with Gasteiger partial charge in [0.15, 0.2) is 0 Å². The molecule has 1 fully saturated rings. The van der Waals surface area contributed by atoms with E-state index >= 15 is 0 Å². The molecule has 0 aliphatic carbocycles. The molecule has 1 saturated heterocycles. The monoisotopic (exact) mass is 248 g/mol. The van der Waals surface area contributed by atoms with E-state index in [0.29, 0.717) is 6.04 Å². The van der Waals surface area contributed by atoms with Crippen LogP contribution in [0, 0.1) is 6.92 Å². The Labute approximate surface area is 110 Å². The molecule has 0 aromatic heterocycles. The van der Waals surface area contributed by atoms with Crippen LogP contribution in [0.15, 0.2) is 18.2 Å². The highest BCUT2D eigenvalue weighted by atomic mass is 16.5. The summed E-state index contributed by atoms with van der Waals surface area (Å²) in [4.78, 5) is 2.56. The van der Waals surface area contributed by atoms with Crippen molar-refractivity contribution in [2.75, 3.05) is 27.2 Å². The van der Waals surface area contributed by atoms with Crippen molar-refractivity contribution < 1.29 is 4.74 Å². The van der Waals surface area contributed by atoms with E-state index < -0.39 is 0 Å². The molecule has 18 heavy (non-hydrogen) atoms. The van der Waals surface area contributed by atoms with Crippen molar-refractivity contribution in [3.8, 4) is 5.75 Å². The molecule has 1 aliphatic heterocycles. The number of methoxy groups -OCH3 is 1. The van der Waals surface area contributed by atoms with Gasteiger partial charge in [0, 0.05) is 24.7 Å². The topological polar surface area (TPSA) is 24.5 Å². The Hall–Kier alpha value is -1.06. The van der Waals surface area contributed by atoms with Gasteiger partial charge in [0.25, 0.3) is 0 Å². The summed E-state index contributed by atoms with van der Waals surface area (Å²) in [6.45, 7) is 5.41. The van der Waals surface area contributed by atoms with Crippen molar-refractivity contribution in [3.63, 3.8) is 0 Å². The molecule has 1 unspecified atom stereocenters. The molecule has 100 valence electrons. The lowest BCUT2D eigenvalue weighted by Crippen LogP contribution is -2.36. The molecule has 0 spiro atoms. The number of ether oxygens (including phenoxy) is 1. The maximum absolute atomic E-state index is 5.46. The third kappa shape index (κ3) is 3.03. The summed E-state index contributed by atoms with van der Waals surface area (Å²) in [6, 6.07) is 7.10. The number of aryl methyl sites for hydroxylation is 1. The van der Waals surface area contributed by atoms with Crippen molar-refractivity contribution in [1.82, 2.24) is 10.2 Å². The first-order valence-corrected chi connectivity index (χ1v) is 6.76. The Morgan fingerprint density at radius 2 is 2.28 bits per heavy atom. The van der Waals surface area contributed by atoms with Gasteiger partial charge < -0.3 is 10.1 Å². The van der Waals surface area contributed by atoms with Gasteiger partial charge in [-0.3, -0.25) is 4.90 Å². The molecular weight excluding hydrogens is 224 g/mol. The lowest BCUT2D eigenvalue weighted by Gasteiger charge is -2.25. The third-order valence-electron chi connectivity index (χ3n) is 3.75. The highest BCUT2D eigenvalue weighted by Crippen LogP contribution is 2.25. The minimum absolute atomic E-state index is 0.667. The van der Waals surface area contributed by atoms with Crippen LogP contribution in [0.4, 0.5) is 0 Å². The fraction of sp³-hybridized carbons (Fsp3) is 0.600. The molecule has 0 amide bonds. The number of rotatable bonds is 5. The zero-order chi connectivity index (χ0) is 13.0. The van der Waals surface area contributed by atoms with Crippen molar-refractivity contribution in [1.29, 1.82) is 0 Å². The fourth-order valence-electron chi connectivity index (χ4n) is 2.82. The summed E-state index contributed by atoms with van der Waals surface area (Å²) in [5, 5.41) is 3.29. The van der Waals surface area contributed by atoms with Crippen molar-refractivity contribution >= 4 is 0 Å². The first-order chi connectivity index (χ1) is 8.74. The number of nitrogens with one attached hydrogen (secondary N) is 1. The van der Waals surface area contributed by atoms with E-state index in [1.54, 1.807) is 7.11 Å². The molecule has 1 aromatic rings. The SMILES string of the molecule is CNCC1CCCN1Cc1cc(C)ccc1OC. The van der Waals surface area contributed by atoms with Gasteiger partial charge in [0.05, 0.1) is 7.11 Å². The number of benzene rings is 1. The number of hydrogen-bond donors (Lipinski definition) is 1. The van der Waals surface area contributed by atoms with E-state index in [0.717, 1.165) is 18.8 Å². The maximum Gasteiger partial charge on any atom is 0.123 e. The first kappa shape index (κ1) is 13.4. The number of likely N-dealkylation sites (N-methyl/N-ethyl adjacent to an activating group) is 1. The normalized spacial score (nSPS) is 20.3. The van der Waals surface area contributed by atoms with Crippen LogP contribution in [0.3, 0.4) is 0 Å². The minimum Gasteiger partial charge on any atom is -0.496 e. The van der Waals surface area contributed by atoms with E-state index in [1.165, 1.54) is 30.5 Å². The third-order valence-corrected chi connectivity index (χ3v) is 3.75. The van der Waals surface area contributed by atoms with Gasteiger partial charge in [0.1, 0.15) is 5.75 Å². The number of likely N-dealkylation sites (tertiary alicyclic amines) is 1. The summed E-state index contributed by atoms with van der Waals surface area (Å²) in [7, 11) is 3.78. The molecule has 1 aliphatic rings. The first-order valence-electron chi connectivity index (χ1n) is 6.76. The van der Waals surface area contributed by atoms with Crippen LogP contribution in [-0.2, 0) is 6.54 Å². The molecule has 2 rings (SSSR count). The minimum atomic E-state index is 0.667. The Morgan fingerprint density at radius 1 is 1.44 bits per heavy atom. The lowest BCUT2D eigenvalue weighted by atomic mass is 10.1. The quantitative estimate of drug-likeness (QED) is 0.864. The van der Waals surface area contributed by atoms with Gasteiger partial charge in [-0.25, -0.2) is 0 Å². The van der Waals surface area contributed by atoms with Crippen LogP contribution in [-0.4, -0.2) is 38.2 Å². The molecule has 0 bridgehead atoms. The van der Waals surface area contributed by atoms with E-state index in [1.807, 2.05) is 7.05 Å². The molecule has 1 aromatic carbocycles. The highest BCUT2D eigenvalue weighted by molar-refractivity contribution is 5.36. The summed E-state index contributed by atoms with van der Waals surface area (Å²) in [5.74, 6) is 1.01. The van der Waals surface area contributed by atoms with Crippen LogP contribution in [0.2, 0.25) is 0 Å². The fourth-order valence-corrected chi connectivity index (χ4v) is 2.82. The largest absolute Gasteiger partial charge is 0.496 e. The van der Waals surface area contributed by atoms with Crippen LogP contribution >= 0.6 is 0 Å². The van der Waals surface area contributed by atoms with Crippen LogP contribution in [0.25, 0.3) is 0 Å². The van der Waals surface area contributed by atoms with Gasteiger partial charge in [-0.05, 0) is 39.4 Å². The summed E-state index contributed by atoms with van der Waals surface area (Å²) >= 11 is 0. The van der Waals surface area contributed by atoms with Crippen molar-refractivity contribution in [2.45, 2.75) is 32.4 Å². The predicted octanol–water partition coefficient (Wildman–Crippen LogP) is 2.19. The summed E-state index contributed by atoms with van der Waals surface area (Å²) in [5.41, 5.74) is 2.61. The van der Waals surface area contributed by atoms with Crippen LogP contribution < -0.4 is 10.1 Å². The predicted molar refractivity (Wildman–Crippen MR) is 75.1 cm³/mol. The van der Waals surface area contributed by atoms with Crippen molar-refractivity contribution in [3.05, 3.63) is 29.3 Å². The zero-order valence-corrected chi connectivity index (χ0v) is 11.7. The second-order valence-electron chi connectivity index (χ2n) is 5.14. The zero-order valence-electron chi connectivity index (χ0n) is 11.7. The molecule has 3 heteroatoms. The van der Waals surface area contributed by atoms with Gasteiger partial charge in [-0.15, -0.1) is 0 Å². The molecule has 0 saturated carbocycles. The van der Waals surface area contributed by atoms with E-state index in [2.05, 4.69) is 35.3 Å². The van der Waals surface area contributed by atoms with Crippen LogP contribution in [0.1, 0.15) is 24.0 Å². The van der Waals surface area contributed by atoms with Gasteiger partial charge >= 0.3 is 0 Å². The smallest absolute Gasteiger partial charge is 0.123 e. The Balaban J connectivity index is 2.10. The molecular formula is C15H24N2O. The Morgan fingerprint density at radius 3 is 3.00 bits per heavy atom. The lowest BCUT2D eigenvalue weighted by molar-refractivity contribution is 0.238. The maximum atomic E-state index is 5.46.